The highest BCUT2D eigenvalue weighted by molar-refractivity contribution is 5.81. The third kappa shape index (κ3) is 7.00. The van der Waals surface area contributed by atoms with E-state index in [-0.39, 0.29) is 17.4 Å². The van der Waals surface area contributed by atoms with E-state index in [9.17, 15) is 4.79 Å². The summed E-state index contributed by atoms with van der Waals surface area (Å²) in [6, 6.07) is 15.1. The quantitative estimate of drug-likeness (QED) is 0.662. The second-order valence-electron chi connectivity index (χ2n) is 8.19. The highest BCUT2D eigenvalue weighted by Gasteiger charge is 2.21. The van der Waals surface area contributed by atoms with Crippen molar-refractivity contribution < 1.29 is 19.0 Å². The van der Waals surface area contributed by atoms with E-state index in [1.165, 1.54) is 5.56 Å². The molecule has 5 heteroatoms. The van der Waals surface area contributed by atoms with Crippen LogP contribution in [-0.4, -0.2) is 31.8 Å². The maximum Gasteiger partial charge on any atom is 0.261 e. The summed E-state index contributed by atoms with van der Waals surface area (Å²) < 4.78 is 16.8. The molecule has 2 rings (SSSR count). The van der Waals surface area contributed by atoms with E-state index in [1.54, 1.807) is 7.11 Å². The van der Waals surface area contributed by atoms with Gasteiger partial charge in [-0.05, 0) is 60.7 Å². The van der Waals surface area contributed by atoms with Crippen LogP contribution in [0.15, 0.2) is 48.5 Å². The fraction of sp³-hybridized carbons (Fsp3) is 0.458. The molecule has 0 saturated carbocycles. The molecule has 0 aliphatic carbocycles. The number of hydrogen-bond acceptors (Lipinski definition) is 4. The Kier molecular flexibility index (Phi) is 7.94. The smallest absolute Gasteiger partial charge is 0.261 e. The van der Waals surface area contributed by atoms with Crippen molar-refractivity contribution in [3.05, 3.63) is 54.1 Å². The summed E-state index contributed by atoms with van der Waals surface area (Å²) in [7, 11) is 1.62. The zero-order chi connectivity index (χ0) is 21.4. The lowest BCUT2D eigenvalue weighted by atomic mass is 9.87. The molecule has 0 radical (unpaired) electrons. The SMILES string of the molecule is CC[C@@H](Oc1ccc(C(C)(C)C)cc1)C(=O)N[C@@H](C)COc1ccc(OC)cc1. The maximum atomic E-state index is 12.6. The predicted octanol–water partition coefficient (Wildman–Crippen LogP) is 4.73. The molecule has 0 fully saturated rings. The van der Waals surface area contributed by atoms with Gasteiger partial charge in [-0.2, -0.15) is 0 Å². The highest BCUT2D eigenvalue weighted by atomic mass is 16.5. The Morgan fingerprint density at radius 3 is 2.03 bits per heavy atom. The minimum atomic E-state index is -0.543. The van der Waals surface area contributed by atoms with Crippen molar-refractivity contribution in [2.75, 3.05) is 13.7 Å². The van der Waals surface area contributed by atoms with Gasteiger partial charge in [0.25, 0.3) is 5.91 Å². The Morgan fingerprint density at radius 2 is 1.52 bits per heavy atom. The summed E-state index contributed by atoms with van der Waals surface area (Å²) in [6.07, 6.45) is 0.0396. The van der Waals surface area contributed by atoms with E-state index in [0.717, 1.165) is 11.5 Å². The first-order valence-corrected chi connectivity index (χ1v) is 10.1. The summed E-state index contributed by atoms with van der Waals surface area (Å²) in [6.45, 7) is 10.7. The van der Waals surface area contributed by atoms with Crippen molar-refractivity contribution in [1.29, 1.82) is 0 Å². The van der Waals surface area contributed by atoms with Gasteiger partial charge in [-0.25, -0.2) is 0 Å². The Balaban J connectivity index is 1.86. The Hall–Kier alpha value is -2.69. The van der Waals surface area contributed by atoms with Crippen molar-refractivity contribution >= 4 is 5.91 Å². The number of nitrogens with one attached hydrogen (secondary N) is 1. The van der Waals surface area contributed by atoms with E-state index in [1.807, 2.05) is 62.4 Å². The van der Waals surface area contributed by atoms with E-state index < -0.39 is 6.10 Å². The maximum absolute atomic E-state index is 12.6. The Bertz CT molecular complexity index is 763. The first-order chi connectivity index (χ1) is 13.7. The van der Waals surface area contributed by atoms with Crippen molar-refractivity contribution in [2.24, 2.45) is 0 Å². The van der Waals surface area contributed by atoms with Crippen LogP contribution in [0.3, 0.4) is 0 Å². The fourth-order valence-electron chi connectivity index (χ4n) is 2.79. The molecule has 2 atom stereocenters. The van der Waals surface area contributed by atoms with E-state index in [2.05, 4.69) is 26.1 Å². The number of rotatable bonds is 9. The second-order valence-corrected chi connectivity index (χ2v) is 8.19. The van der Waals surface area contributed by atoms with Gasteiger partial charge in [0.15, 0.2) is 6.10 Å². The summed E-state index contributed by atoms with van der Waals surface area (Å²) in [5.41, 5.74) is 1.31. The highest BCUT2D eigenvalue weighted by Crippen LogP contribution is 2.25. The van der Waals surface area contributed by atoms with Crippen LogP contribution in [0.4, 0.5) is 0 Å². The Morgan fingerprint density at radius 1 is 0.966 bits per heavy atom. The molecule has 0 unspecified atom stereocenters. The van der Waals surface area contributed by atoms with Gasteiger partial charge in [0.1, 0.15) is 23.9 Å². The summed E-state index contributed by atoms with van der Waals surface area (Å²) >= 11 is 0. The molecule has 0 bridgehead atoms. The monoisotopic (exact) mass is 399 g/mol. The molecular weight excluding hydrogens is 366 g/mol. The van der Waals surface area contributed by atoms with Crippen molar-refractivity contribution in [2.45, 2.75) is 58.6 Å². The average Bonchev–Trinajstić information content (AvgIpc) is 2.70. The molecule has 158 valence electrons. The van der Waals surface area contributed by atoms with Gasteiger partial charge in [0.2, 0.25) is 0 Å². The number of methoxy groups -OCH3 is 1. The van der Waals surface area contributed by atoms with Crippen LogP contribution in [0.25, 0.3) is 0 Å². The molecule has 0 saturated heterocycles. The Labute approximate surface area is 174 Å². The topological polar surface area (TPSA) is 56.8 Å². The minimum Gasteiger partial charge on any atom is -0.497 e. The molecule has 0 heterocycles. The summed E-state index contributed by atoms with van der Waals surface area (Å²) in [4.78, 5) is 12.6. The van der Waals surface area contributed by atoms with Crippen molar-refractivity contribution in [1.82, 2.24) is 5.32 Å². The van der Waals surface area contributed by atoms with Gasteiger partial charge >= 0.3 is 0 Å². The van der Waals surface area contributed by atoms with Crippen molar-refractivity contribution in [3.8, 4) is 17.2 Å². The zero-order valence-corrected chi connectivity index (χ0v) is 18.3. The lowest BCUT2D eigenvalue weighted by Gasteiger charge is -2.22. The first-order valence-electron chi connectivity index (χ1n) is 10.1. The largest absolute Gasteiger partial charge is 0.497 e. The first kappa shape index (κ1) is 22.6. The van der Waals surface area contributed by atoms with Crippen LogP contribution in [0.2, 0.25) is 0 Å². The third-order valence-electron chi connectivity index (χ3n) is 4.61. The molecule has 2 aromatic carbocycles. The summed E-state index contributed by atoms with van der Waals surface area (Å²) in [5.74, 6) is 2.06. The number of hydrogen-bond donors (Lipinski definition) is 1. The number of ether oxygens (including phenoxy) is 3. The molecule has 1 N–H and O–H groups in total. The molecule has 0 aliphatic heterocycles. The molecule has 29 heavy (non-hydrogen) atoms. The van der Waals surface area contributed by atoms with E-state index in [0.29, 0.717) is 18.8 Å². The predicted molar refractivity (Wildman–Crippen MR) is 116 cm³/mol. The second kappa shape index (κ2) is 10.2. The van der Waals surface area contributed by atoms with Crippen LogP contribution in [-0.2, 0) is 10.2 Å². The van der Waals surface area contributed by atoms with Gasteiger partial charge in [0.05, 0.1) is 13.2 Å². The van der Waals surface area contributed by atoms with Gasteiger partial charge in [-0.3, -0.25) is 4.79 Å². The van der Waals surface area contributed by atoms with Crippen LogP contribution in [0, 0.1) is 0 Å². The minimum absolute atomic E-state index is 0.0827. The zero-order valence-electron chi connectivity index (χ0n) is 18.3. The van der Waals surface area contributed by atoms with Crippen LogP contribution in [0.5, 0.6) is 17.2 Å². The van der Waals surface area contributed by atoms with Crippen LogP contribution >= 0.6 is 0 Å². The van der Waals surface area contributed by atoms with Crippen molar-refractivity contribution in [3.63, 3.8) is 0 Å². The fourth-order valence-corrected chi connectivity index (χ4v) is 2.79. The normalized spacial score (nSPS) is 13.3. The van der Waals surface area contributed by atoms with E-state index >= 15 is 0 Å². The van der Waals surface area contributed by atoms with Crippen LogP contribution in [0.1, 0.15) is 46.6 Å². The van der Waals surface area contributed by atoms with Gasteiger partial charge in [-0.1, -0.05) is 39.8 Å². The lowest BCUT2D eigenvalue weighted by molar-refractivity contribution is -0.128. The molecule has 0 spiro atoms. The molecular formula is C24H33NO4. The van der Waals surface area contributed by atoms with Gasteiger partial charge < -0.3 is 19.5 Å². The number of benzene rings is 2. The number of carbonyl (C=O) groups excluding carboxylic acids is 1. The van der Waals surface area contributed by atoms with Gasteiger partial charge in [0, 0.05) is 0 Å². The van der Waals surface area contributed by atoms with E-state index in [4.69, 9.17) is 14.2 Å². The number of carbonyl (C=O) groups is 1. The standard InChI is InChI=1S/C24H33NO4/c1-7-22(29-21-10-8-18(9-11-21)24(3,4)5)23(26)25-17(2)16-28-20-14-12-19(27-6)13-15-20/h8-15,17,22H,7,16H2,1-6H3,(H,25,26)/t17-,22+/m0/s1. The van der Waals surface area contributed by atoms with Gasteiger partial charge in [-0.15, -0.1) is 0 Å². The molecule has 2 aromatic rings. The van der Waals surface area contributed by atoms with Crippen LogP contribution < -0.4 is 19.5 Å². The molecule has 0 aromatic heterocycles. The number of amides is 1. The summed E-state index contributed by atoms with van der Waals surface area (Å²) in [5, 5.41) is 2.97. The average molecular weight is 400 g/mol. The molecule has 0 aliphatic rings. The lowest BCUT2D eigenvalue weighted by Crippen LogP contribution is -2.44. The molecule has 5 nitrogen and oxygen atoms in total. The third-order valence-corrected chi connectivity index (χ3v) is 4.61. The molecule has 1 amide bonds.